The molecule has 2 rings (SSSR count). The van der Waals surface area contributed by atoms with Gasteiger partial charge in [-0.25, -0.2) is 0 Å². The topological polar surface area (TPSA) is 56.7 Å². The number of piperidine rings is 1. The lowest BCUT2D eigenvalue weighted by Gasteiger charge is -2.32. The van der Waals surface area contributed by atoms with Gasteiger partial charge in [0.15, 0.2) is 5.96 Å². The van der Waals surface area contributed by atoms with Crippen molar-refractivity contribution in [3.63, 3.8) is 0 Å². The fourth-order valence-corrected chi connectivity index (χ4v) is 2.92. The number of aliphatic imine (C=N–C) groups is 1. The van der Waals surface area contributed by atoms with E-state index in [-0.39, 0.29) is 11.9 Å². The first kappa shape index (κ1) is 19.3. The molecule has 1 atom stereocenters. The van der Waals surface area contributed by atoms with E-state index in [1.165, 1.54) is 12.8 Å². The Morgan fingerprint density at radius 3 is 2.48 bits per heavy atom. The van der Waals surface area contributed by atoms with Crippen molar-refractivity contribution in [2.75, 3.05) is 20.1 Å². The molecule has 1 saturated heterocycles. The molecule has 1 aliphatic rings. The minimum Gasteiger partial charge on any atom is -0.352 e. The molecular weight excluding hydrogens is 312 g/mol. The van der Waals surface area contributed by atoms with Crippen LogP contribution in [0.15, 0.2) is 29.3 Å². The number of amides is 1. The van der Waals surface area contributed by atoms with Crippen molar-refractivity contribution < 1.29 is 4.79 Å². The van der Waals surface area contributed by atoms with Crippen LogP contribution in [0.3, 0.4) is 0 Å². The van der Waals surface area contributed by atoms with Gasteiger partial charge in [-0.05, 0) is 49.8 Å². The van der Waals surface area contributed by atoms with Crippen LogP contribution in [-0.2, 0) is 6.54 Å². The number of carbonyl (C=O) groups excluding carboxylic acids is 1. The minimum atomic E-state index is -0.00731. The molecule has 1 aliphatic heterocycles. The van der Waals surface area contributed by atoms with Gasteiger partial charge in [0, 0.05) is 38.3 Å². The third-order valence-corrected chi connectivity index (χ3v) is 4.95. The lowest BCUT2D eigenvalue weighted by molar-refractivity contribution is 0.0939. The summed E-state index contributed by atoms with van der Waals surface area (Å²) in [5, 5.41) is 6.43. The van der Waals surface area contributed by atoms with Gasteiger partial charge in [0.2, 0.25) is 0 Å². The lowest BCUT2D eigenvalue weighted by Crippen LogP contribution is -2.45. The summed E-state index contributed by atoms with van der Waals surface area (Å²) >= 11 is 0. The van der Waals surface area contributed by atoms with Crippen molar-refractivity contribution in [2.24, 2.45) is 10.9 Å². The first-order valence-electron chi connectivity index (χ1n) is 9.38. The first-order valence-corrected chi connectivity index (χ1v) is 9.38. The van der Waals surface area contributed by atoms with E-state index in [1.807, 2.05) is 38.2 Å². The Morgan fingerprint density at radius 1 is 1.28 bits per heavy atom. The maximum Gasteiger partial charge on any atom is 0.251 e. The van der Waals surface area contributed by atoms with Crippen molar-refractivity contribution in [3.8, 4) is 0 Å². The van der Waals surface area contributed by atoms with Gasteiger partial charge < -0.3 is 15.5 Å². The highest BCUT2D eigenvalue weighted by Gasteiger charge is 2.18. The highest BCUT2D eigenvalue weighted by molar-refractivity contribution is 5.94. The Hall–Kier alpha value is -2.04. The average Bonchev–Trinajstić information content (AvgIpc) is 2.63. The number of carbonyl (C=O) groups is 1. The van der Waals surface area contributed by atoms with Gasteiger partial charge >= 0.3 is 0 Å². The molecule has 1 aromatic carbocycles. The molecule has 0 saturated carbocycles. The summed E-state index contributed by atoms with van der Waals surface area (Å²) in [6, 6.07) is 7.98. The Bertz CT molecular complexity index is 574. The number of benzene rings is 1. The second-order valence-corrected chi connectivity index (χ2v) is 7.05. The second kappa shape index (κ2) is 9.44. The van der Waals surface area contributed by atoms with Crippen LogP contribution >= 0.6 is 0 Å². The number of rotatable bonds is 5. The van der Waals surface area contributed by atoms with Crippen LogP contribution in [-0.4, -0.2) is 42.9 Å². The van der Waals surface area contributed by atoms with E-state index in [2.05, 4.69) is 34.4 Å². The van der Waals surface area contributed by atoms with E-state index in [0.717, 1.165) is 37.0 Å². The molecule has 2 N–H and O–H groups in total. The number of hydrogen-bond donors (Lipinski definition) is 2. The van der Waals surface area contributed by atoms with Crippen LogP contribution in [0.25, 0.3) is 0 Å². The molecule has 1 fully saturated rings. The van der Waals surface area contributed by atoms with E-state index in [0.29, 0.717) is 12.1 Å². The van der Waals surface area contributed by atoms with Crippen LogP contribution in [0.1, 0.15) is 56.0 Å². The lowest BCUT2D eigenvalue weighted by atomic mass is 9.99. The molecule has 0 radical (unpaired) electrons. The van der Waals surface area contributed by atoms with Crippen molar-refractivity contribution in [1.82, 2.24) is 15.5 Å². The molecule has 1 aromatic rings. The summed E-state index contributed by atoms with van der Waals surface area (Å²) in [6.07, 6.45) is 3.38. The fourth-order valence-electron chi connectivity index (χ4n) is 2.92. The van der Waals surface area contributed by atoms with Crippen LogP contribution in [0, 0.1) is 5.92 Å². The van der Waals surface area contributed by atoms with Crippen molar-refractivity contribution in [3.05, 3.63) is 35.4 Å². The minimum absolute atomic E-state index is 0.00731. The van der Waals surface area contributed by atoms with Crippen LogP contribution < -0.4 is 10.6 Å². The number of nitrogens with zero attached hydrogens (tertiary/aromatic N) is 2. The SMILES string of the molecule is CCC(C)NC(=O)c1ccc(CNC(=NC)N2CCC(C)CC2)cc1. The number of likely N-dealkylation sites (tertiary alicyclic amines) is 1. The van der Waals surface area contributed by atoms with Crippen LogP contribution in [0.2, 0.25) is 0 Å². The van der Waals surface area contributed by atoms with E-state index in [4.69, 9.17) is 0 Å². The predicted molar refractivity (Wildman–Crippen MR) is 104 cm³/mol. The zero-order valence-electron chi connectivity index (χ0n) is 16.0. The zero-order chi connectivity index (χ0) is 18.2. The normalized spacial score (nSPS) is 17.3. The van der Waals surface area contributed by atoms with E-state index >= 15 is 0 Å². The summed E-state index contributed by atoms with van der Waals surface area (Å²) in [7, 11) is 1.84. The summed E-state index contributed by atoms with van der Waals surface area (Å²) < 4.78 is 0. The zero-order valence-corrected chi connectivity index (χ0v) is 16.0. The molecule has 138 valence electrons. The maximum atomic E-state index is 12.1. The number of guanidine groups is 1. The van der Waals surface area contributed by atoms with Gasteiger partial charge in [-0.3, -0.25) is 9.79 Å². The fraction of sp³-hybridized carbons (Fsp3) is 0.600. The quantitative estimate of drug-likeness (QED) is 0.638. The van der Waals surface area contributed by atoms with E-state index in [1.54, 1.807) is 0 Å². The third-order valence-electron chi connectivity index (χ3n) is 4.95. The highest BCUT2D eigenvalue weighted by atomic mass is 16.1. The molecule has 25 heavy (non-hydrogen) atoms. The van der Waals surface area contributed by atoms with E-state index < -0.39 is 0 Å². The summed E-state index contributed by atoms with van der Waals surface area (Å²) in [6.45, 7) is 9.24. The number of nitrogens with one attached hydrogen (secondary N) is 2. The molecule has 0 bridgehead atoms. The van der Waals surface area contributed by atoms with Gasteiger partial charge in [0.05, 0.1) is 0 Å². The van der Waals surface area contributed by atoms with Crippen LogP contribution in [0.5, 0.6) is 0 Å². The molecule has 0 spiro atoms. The molecule has 5 heteroatoms. The van der Waals surface area contributed by atoms with E-state index in [9.17, 15) is 4.79 Å². The Balaban J connectivity index is 1.87. The summed E-state index contributed by atoms with van der Waals surface area (Å²) in [5.41, 5.74) is 1.85. The molecule has 0 aliphatic carbocycles. The Kier molecular flexibility index (Phi) is 7.29. The van der Waals surface area contributed by atoms with Gasteiger partial charge in [-0.1, -0.05) is 26.0 Å². The Labute approximate surface area is 151 Å². The molecule has 1 heterocycles. The molecule has 0 aromatic heterocycles. The average molecular weight is 345 g/mol. The predicted octanol–water partition coefficient (Wildman–Crippen LogP) is 3.02. The van der Waals surface area contributed by atoms with Crippen molar-refractivity contribution in [2.45, 2.75) is 52.6 Å². The Morgan fingerprint density at radius 2 is 1.92 bits per heavy atom. The summed E-state index contributed by atoms with van der Waals surface area (Å²) in [5.74, 6) is 1.76. The largest absolute Gasteiger partial charge is 0.352 e. The molecule has 5 nitrogen and oxygen atoms in total. The molecule has 1 amide bonds. The van der Waals surface area contributed by atoms with Gasteiger partial charge in [-0.2, -0.15) is 0 Å². The molecular formula is C20H32N4O. The first-order chi connectivity index (χ1) is 12.0. The van der Waals surface area contributed by atoms with Gasteiger partial charge in [0.25, 0.3) is 5.91 Å². The van der Waals surface area contributed by atoms with Crippen LogP contribution in [0.4, 0.5) is 0 Å². The molecule has 1 unspecified atom stereocenters. The van der Waals surface area contributed by atoms with Crippen molar-refractivity contribution in [1.29, 1.82) is 0 Å². The number of hydrogen-bond acceptors (Lipinski definition) is 2. The standard InChI is InChI=1S/C20H32N4O/c1-5-16(3)23-19(25)18-8-6-17(7-9-18)14-22-20(21-4)24-12-10-15(2)11-13-24/h6-9,15-16H,5,10-14H2,1-4H3,(H,21,22)(H,23,25). The monoisotopic (exact) mass is 344 g/mol. The highest BCUT2D eigenvalue weighted by Crippen LogP contribution is 2.16. The summed E-state index contributed by atoms with van der Waals surface area (Å²) in [4.78, 5) is 18.9. The smallest absolute Gasteiger partial charge is 0.251 e. The van der Waals surface area contributed by atoms with Crippen molar-refractivity contribution >= 4 is 11.9 Å². The second-order valence-electron chi connectivity index (χ2n) is 7.05. The maximum absolute atomic E-state index is 12.1. The van der Waals surface area contributed by atoms with Gasteiger partial charge in [0.1, 0.15) is 0 Å². The van der Waals surface area contributed by atoms with Gasteiger partial charge in [-0.15, -0.1) is 0 Å². The third kappa shape index (κ3) is 5.76.